The van der Waals surface area contributed by atoms with E-state index in [-0.39, 0.29) is 42.5 Å². The van der Waals surface area contributed by atoms with Crippen LogP contribution in [-0.2, 0) is 21.4 Å². The SMILES string of the molecule is CC[C@@H](NC(=O)N1CC(NNC(C)=O)=NC[C@H](Cc2cc(Cl)ccc2OC)C1=O)c1ccc(C(=O)O)c(N)c1C(C)(C)C. The van der Waals surface area contributed by atoms with Crippen molar-refractivity contribution in [3.8, 4) is 5.75 Å². The van der Waals surface area contributed by atoms with E-state index in [0.29, 0.717) is 33.9 Å². The molecular weight excluding hydrogens is 576 g/mol. The summed E-state index contributed by atoms with van der Waals surface area (Å²) in [6, 6.07) is 6.88. The molecule has 232 valence electrons. The zero-order valence-corrected chi connectivity index (χ0v) is 26.0. The largest absolute Gasteiger partial charge is 0.496 e. The van der Waals surface area contributed by atoms with Gasteiger partial charge in [-0.05, 0) is 59.2 Å². The molecular formula is C30H39ClN6O6. The number of methoxy groups -OCH3 is 1. The van der Waals surface area contributed by atoms with Crippen molar-refractivity contribution >= 4 is 46.9 Å². The van der Waals surface area contributed by atoms with Crippen LogP contribution in [0.2, 0.25) is 5.02 Å². The van der Waals surface area contributed by atoms with Gasteiger partial charge >= 0.3 is 12.0 Å². The number of amidine groups is 1. The molecule has 0 radical (unpaired) electrons. The maximum Gasteiger partial charge on any atom is 0.337 e. The second-order valence-electron chi connectivity index (χ2n) is 11.3. The van der Waals surface area contributed by atoms with Crippen molar-refractivity contribution in [3.63, 3.8) is 0 Å². The smallest absolute Gasteiger partial charge is 0.337 e. The number of carboxylic acids is 1. The summed E-state index contributed by atoms with van der Waals surface area (Å²) in [5, 5.41) is 13.1. The maximum absolute atomic E-state index is 13.9. The summed E-state index contributed by atoms with van der Waals surface area (Å²) in [6.45, 7) is 8.72. The van der Waals surface area contributed by atoms with E-state index in [4.69, 9.17) is 22.1 Å². The Morgan fingerprint density at radius 2 is 1.93 bits per heavy atom. The first-order chi connectivity index (χ1) is 20.2. The lowest BCUT2D eigenvalue weighted by Crippen LogP contribution is -2.52. The third kappa shape index (κ3) is 7.95. The number of aromatic carboxylic acids is 1. The number of rotatable bonds is 7. The van der Waals surface area contributed by atoms with Crippen LogP contribution in [-0.4, -0.2) is 59.9 Å². The fourth-order valence-corrected chi connectivity index (χ4v) is 5.30. The average molecular weight is 615 g/mol. The van der Waals surface area contributed by atoms with E-state index in [9.17, 15) is 24.3 Å². The fraction of sp³-hybridized carbons (Fsp3) is 0.433. The van der Waals surface area contributed by atoms with Gasteiger partial charge in [0.15, 0.2) is 0 Å². The van der Waals surface area contributed by atoms with Crippen molar-refractivity contribution in [2.45, 2.75) is 58.9 Å². The molecule has 0 unspecified atom stereocenters. The fourth-order valence-electron chi connectivity index (χ4n) is 5.11. The molecule has 0 aromatic heterocycles. The number of carboxylic acid groups (broad SMARTS) is 1. The van der Waals surface area contributed by atoms with Gasteiger partial charge < -0.3 is 20.9 Å². The number of carbonyl (C=O) groups excluding carboxylic acids is 3. The van der Waals surface area contributed by atoms with Crippen LogP contribution in [0.1, 0.15) is 74.1 Å². The van der Waals surface area contributed by atoms with Gasteiger partial charge in [0.2, 0.25) is 11.8 Å². The van der Waals surface area contributed by atoms with Crippen molar-refractivity contribution in [1.82, 2.24) is 21.1 Å². The minimum atomic E-state index is -1.15. The van der Waals surface area contributed by atoms with Crippen molar-refractivity contribution in [3.05, 3.63) is 57.6 Å². The average Bonchev–Trinajstić information content (AvgIpc) is 3.08. The maximum atomic E-state index is 13.9. The molecule has 1 heterocycles. The predicted molar refractivity (Wildman–Crippen MR) is 164 cm³/mol. The monoisotopic (exact) mass is 614 g/mol. The van der Waals surface area contributed by atoms with Crippen molar-refractivity contribution in [2.24, 2.45) is 10.9 Å². The summed E-state index contributed by atoms with van der Waals surface area (Å²) >= 11 is 6.21. The number of aliphatic imine (C=N–C) groups is 1. The Morgan fingerprint density at radius 3 is 2.51 bits per heavy atom. The van der Waals surface area contributed by atoms with Crippen LogP contribution < -0.4 is 26.6 Å². The van der Waals surface area contributed by atoms with Crippen LogP contribution in [0.25, 0.3) is 0 Å². The Labute approximate surface area is 256 Å². The van der Waals surface area contributed by atoms with E-state index in [2.05, 4.69) is 21.2 Å². The number of nitrogen functional groups attached to an aromatic ring is 1. The minimum absolute atomic E-state index is 0.0262. The molecule has 12 nitrogen and oxygen atoms in total. The van der Waals surface area contributed by atoms with E-state index < -0.39 is 35.3 Å². The van der Waals surface area contributed by atoms with Gasteiger partial charge in [0, 0.05) is 11.9 Å². The van der Waals surface area contributed by atoms with Crippen LogP contribution in [0.15, 0.2) is 35.3 Å². The van der Waals surface area contributed by atoms with E-state index in [1.165, 1.54) is 20.1 Å². The summed E-state index contributed by atoms with van der Waals surface area (Å²) < 4.78 is 5.45. The Kier molecular flexibility index (Phi) is 10.6. The Bertz CT molecular complexity index is 1440. The predicted octanol–water partition coefficient (Wildman–Crippen LogP) is 3.83. The first-order valence-electron chi connectivity index (χ1n) is 13.8. The molecule has 4 amide bonds. The van der Waals surface area contributed by atoms with Gasteiger partial charge in [0.25, 0.3) is 0 Å². The molecule has 0 saturated heterocycles. The molecule has 0 bridgehead atoms. The molecule has 13 heteroatoms. The van der Waals surface area contributed by atoms with Gasteiger partial charge in [-0.25, -0.2) is 9.59 Å². The molecule has 0 saturated carbocycles. The topological polar surface area (TPSA) is 175 Å². The second-order valence-corrected chi connectivity index (χ2v) is 11.8. The highest BCUT2D eigenvalue weighted by Crippen LogP contribution is 2.37. The lowest BCUT2D eigenvalue weighted by atomic mass is 9.79. The molecule has 1 aliphatic rings. The van der Waals surface area contributed by atoms with Crippen LogP contribution in [0.3, 0.4) is 0 Å². The molecule has 6 N–H and O–H groups in total. The molecule has 2 atom stereocenters. The summed E-state index contributed by atoms with van der Waals surface area (Å²) in [6.07, 6.45) is 0.624. The van der Waals surface area contributed by atoms with Crippen molar-refractivity contribution in [1.29, 1.82) is 0 Å². The number of halogens is 1. The molecule has 43 heavy (non-hydrogen) atoms. The van der Waals surface area contributed by atoms with Crippen molar-refractivity contribution in [2.75, 3.05) is 25.9 Å². The number of hydrogen-bond donors (Lipinski definition) is 5. The molecule has 0 aliphatic carbocycles. The van der Waals surface area contributed by atoms with Gasteiger partial charge in [0.1, 0.15) is 11.6 Å². The van der Waals surface area contributed by atoms with E-state index in [1.54, 1.807) is 24.3 Å². The zero-order chi connectivity index (χ0) is 32.1. The van der Waals surface area contributed by atoms with Crippen molar-refractivity contribution < 1.29 is 29.0 Å². The number of hydrogen-bond acceptors (Lipinski definition) is 8. The number of imide groups is 1. The minimum Gasteiger partial charge on any atom is -0.496 e. The van der Waals surface area contributed by atoms with Gasteiger partial charge in [0.05, 0.1) is 43.4 Å². The first kappa shape index (κ1) is 33.2. The van der Waals surface area contributed by atoms with E-state index in [1.807, 2.05) is 27.7 Å². The van der Waals surface area contributed by atoms with Crippen LogP contribution in [0.4, 0.5) is 10.5 Å². The highest BCUT2D eigenvalue weighted by molar-refractivity contribution is 6.30. The quantitative estimate of drug-likeness (QED) is 0.231. The Hall–Kier alpha value is -4.32. The van der Waals surface area contributed by atoms with Gasteiger partial charge in [-0.15, -0.1) is 0 Å². The third-order valence-corrected chi connectivity index (χ3v) is 7.34. The number of urea groups is 1. The van der Waals surface area contributed by atoms with Gasteiger partial charge in [-0.2, -0.15) is 0 Å². The molecule has 2 aromatic rings. The molecule has 1 aliphatic heterocycles. The zero-order valence-electron chi connectivity index (χ0n) is 25.2. The van der Waals surface area contributed by atoms with Crippen LogP contribution in [0, 0.1) is 5.92 Å². The number of nitrogens with one attached hydrogen (secondary N) is 3. The summed E-state index contributed by atoms with van der Waals surface area (Å²) in [4.78, 5) is 56.6. The molecule has 3 rings (SSSR count). The number of anilines is 1. The Balaban J connectivity index is 1.99. The number of amides is 4. The number of carbonyl (C=O) groups is 4. The van der Waals surface area contributed by atoms with E-state index >= 15 is 0 Å². The summed E-state index contributed by atoms with van der Waals surface area (Å²) in [7, 11) is 1.52. The first-order valence-corrected chi connectivity index (χ1v) is 14.2. The number of nitrogens with zero attached hydrogens (tertiary/aromatic N) is 2. The highest BCUT2D eigenvalue weighted by atomic mass is 35.5. The third-order valence-electron chi connectivity index (χ3n) is 7.10. The number of benzene rings is 2. The summed E-state index contributed by atoms with van der Waals surface area (Å²) in [5.41, 5.74) is 13.0. The highest BCUT2D eigenvalue weighted by Gasteiger charge is 2.35. The Morgan fingerprint density at radius 1 is 1.23 bits per heavy atom. The molecule has 2 aromatic carbocycles. The van der Waals surface area contributed by atoms with Gasteiger partial charge in [-0.3, -0.25) is 30.3 Å². The standard InChI is InChI=1S/C30H39ClN6O6/c1-7-22(20-9-10-21(28(40)41)26(32)25(20)30(3,4)5)34-29(42)37-15-24(36-35-16(2)38)33-14-18(27(37)39)12-17-13-19(31)8-11-23(17)43-6/h8-11,13,18,22H,7,12,14-15,32H2,1-6H3,(H,33,36)(H,34,42)(H,35,38)(H,40,41)/t18-,22+/m0/s1. The normalized spacial score (nSPS) is 16.1. The number of hydrazine groups is 1. The lowest BCUT2D eigenvalue weighted by molar-refractivity contribution is -0.131. The number of ether oxygens (including phenoxy) is 1. The molecule has 0 spiro atoms. The number of nitrogens with two attached hydrogens (primary N) is 1. The molecule has 0 fully saturated rings. The lowest BCUT2D eigenvalue weighted by Gasteiger charge is -2.31. The van der Waals surface area contributed by atoms with Gasteiger partial charge in [-0.1, -0.05) is 45.4 Å². The summed E-state index contributed by atoms with van der Waals surface area (Å²) in [5.74, 6) is -1.99. The van der Waals surface area contributed by atoms with Crippen LogP contribution >= 0.6 is 11.6 Å². The second kappa shape index (κ2) is 13.8. The van der Waals surface area contributed by atoms with Crippen LogP contribution in [0.5, 0.6) is 5.75 Å². The van der Waals surface area contributed by atoms with E-state index in [0.717, 1.165) is 4.90 Å².